The zero-order valence-corrected chi connectivity index (χ0v) is 19.8. The number of hydrogen-bond acceptors (Lipinski definition) is 4. The molecule has 0 spiro atoms. The second kappa shape index (κ2) is 20.2. The zero-order valence-electron chi connectivity index (χ0n) is 19.8. The molecule has 0 aliphatic heterocycles. The van der Waals surface area contributed by atoms with Crippen molar-refractivity contribution >= 4 is 11.9 Å². The van der Waals surface area contributed by atoms with Crippen LogP contribution in [0, 0.1) is 11.8 Å². The minimum absolute atomic E-state index is 0.0265. The van der Waals surface area contributed by atoms with E-state index in [1.54, 1.807) is 0 Å². The number of esters is 2. The van der Waals surface area contributed by atoms with Crippen molar-refractivity contribution in [3.63, 3.8) is 0 Å². The lowest BCUT2D eigenvalue weighted by atomic mass is 9.87. The van der Waals surface area contributed by atoms with Crippen molar-refractivity contribution in [2.75, 3.05) is 13.2 Å². The fourth-order valence-electron chi connectivity index (χ4n) is 3.48. The van der Waals surface area contributed by atoms with E-state index in [4.69, 9.17) is 9.47 Å². The summed E-state index contributed by atoms with van der Waals surface area (Å²) in [5.74, 6) is 0.876. The predicted octanol–water partition coefficient (Wildman–Crippen LogP) is 7.24. The molecule has 4 nitrogen and oxygen atoms in total. The molecule has 0 heterocycles. The van der Waals surface area contributed by atoms with Crippen LogP contribution in [-0.4, -0.2) is 25.2 Å². The van der Waals surface area contributed by atoms with E-state index >= 15 is 0 Å². The van der Waals surface area contributed by atoms with Gasteiger partial charge in [0.25, 0.3) is 0 Å². The van der Waals surface area contributed by atoms with Gasteiger partial charge in [-0.05, 0) is 37.5 Å². The van der Waals surface area contributed by atoms with E-state index in [0.717, 1.165) is 57.8 Å². The Labute approximate surface area is 180 Å². The molecule has 0 aromatic carbocycles. The Morgan fingerprint density at radius 1 is 0.655 bits per heavy atom. The Kier molecular flexibility index (Phi) is 19.5. The maximum atomic E-state index is 12.0. The smallest absolute Gasteiger partial charge is 0.306 e. The zero-order chi connectivity index (χ0) is 21.7. The van der Waals surface area contributed by atoms with Crippen LogP contribution in [0.25, 0.3) is 0 Å². The van der Waals surface area contributed by atoms with Crippen molar-refractivity contribution in [2.45, 2.75) is 124 Å². The number of carbonyl (C=O) groups is 2. The average molecular weight is 413 g/mol. The number of carbonyl (C=O) groups excluding carboxylic acids is 2. The van der Waals surface area contributed by atoms with E-state index < -0.39 is 0 Å². The van der Waals surface area contributed by atoms with Crippen LogP contribution in [0.2, 0.25) is 0 Å². The highest BCUT2D eigenvalue weighted by atomic mass is 16.5. The second-order valence-corrected chi connectivity index (χ2v) is 8.72. The van der Waals surface area contributed by atoms with Gasteiger partial charge in [-0.15, -0.1) is 0 Å². The van der Waals surface area contributed by atoms with Gasteiger partial charge >= 0.3 is 11.9 Å². The molecule has 0 saturated heterocycles. The van der Waals surface area contributed by atoms with Crippen LogP contribution in [0.5, 0.6) is 0 Å². The van der Waals surface area contributed by atoms with Gasteiger partial charge in [0.2, 0.25) is 0 Å². The first-order valence-corrected chi connectivity index (χ1v) is 12.3. The highest BCUT2D eigenvalue weighted by molar-refractivity contribution is 5.69. The van der Waals surface area contributed by atoms with Gasteiger partial charge in [-0.1, -0.05) is 85.5 Å². The maximum Gasteiger partial charge on any atom is 0.306 e. The van der Waals surface area contributed by atoms with Crippen LogP contribution in [0.15, 0.2) is 0 Å². The van der Waals surface area contributed by atoms with E-state index in [1.165, 1.54) is 25.7 Å². The summed E-state index contributed by atoms with van der Waals surface area (Å²) in [5.41, 5.74) is 0. The van der Waals surface area contributed by atoms with Crippen LogP contribution in [0.3, 0.4) is 0 Å². The first-order chi connectivity index (χ1) is 14.0. The third-order valence-corrected chi connectivity index (χ3v) is 5.60. The van der Waals surface area contributed by atoms with Crippen LogP contribution >= 0.6 is 0 Å². The van der Waals surface area contributed by atoms with E-state index in [1.807, 2.05) is 0 Å². The third kappa shape index (κ3) is 18.7. The van der Waals surface area contributed by atoms with Crippen molar-refractivity contribution in [1.29, 1.82) is 0 Å². The van der Waals surface area contributed by atoms with E-state index in [-0.39, 0.29) is 11.9 Å². The standard InChI is InChI=1S/C25H48O4/c1-5-7-15-19-28-24(26)18-14-12-10-9-11-13-17-23(22(3)4)21-25(27)29-20-16-8-6-2/h22-23H,5-21H2,1-4H3. The summed E-state index contributed by atoms with van der Waals surface area (Å²) in [6, 6.07) is 0. The van der Waals surface area contributed by atoms with Crippen molar-refractivity contribution in [3.8, 4) is 0 Å². The normalized spacial score (nSPS) is 12.2. The molecule has 0 aromatic heterocycles. The number of rotatable bonds is 20. The van der Waals surface area contributed by atoms with Crippen LogP contribution in [0.4, 0.5) is 0 Å². The van der Waals surface area contributed by atoms with Crippen molar-refractivity contribution in [3.05, 3.63) is 0 Å². The highest BCUT2D eigenvalue weighted by Gasteiger charge is 2.18. The largest absolute Gasteiger partial charge is 0.466 e. The van der Waals surface area contributed by atoms with Gasteiger partial charge in [0.1, 0.15) is 0 Å². The van der Waals surface area contributed by atoms with Gasteiger partial charge in [-0.2, -0.15) is 0 Å². The molecule has 0 radical (unpaired) electrons. The summed E-state index contributed by atoms with van der Waals surface area (Å²) in [4.78, 5) is 23.6. The fourth-order valence-corrected chi connectivity index (χ4v) is 3.48. The molecule has 0 amide bonds. The molecular weight excluding hydrogens is 364 g/mol. The Morgan fingerprint density at radius 2 is 1.17 bits per heavy atom. The predicted molar refractivity (Wildman–Crippen MR) is 121 cm³/mol. The van der Waals surface area contributed by atoms with Gasteiger partial charge in [-0.3, -0.25) is 9.59 Å². The van der Waals surface area contributed by atoms with Crippen LogP contribution in [-0.2, 0) is 19.1 Å². The van der Waals surface area contributed by atoms with Gasteiger partial charge in [-0.25, -0.2) is 0 Å². The summed E-state index contributed by atoms with van der Waals surface area (Å²) >= 11 is 0. The molecule has 0 bridgehead atoms. The fraction of sp³-hybridized carbons (Fsp3) is 0.920. The minimum atomic E-state index is -0.0394. The van der Waals surface area contributed by atoms with Crippen molar-refractivity contribution in [1.82, 2.24) is 0 Å². The minimum Gasteiger partial charge on any atom is -0.466 e. The van der Waals surface area contributed by atoms with Crippen molar-refractivity contribution < 1.29 is 19.1 Å². The topological polar surface area (TPSA) is 52.6 Å². The molecule has 0 aromatic rings. The molecule has 0 N–H and O–H groups in total. The Morgan fingerprint density at radius 3 is 1.72 bits per heavy atom. The molecule has 0 fully saturated rings. The van der Waals surface area contributed by atoms with Gasteiger partial charge in [0, 0.05) is 12.8 Å². The van der Waals surface area contributed by atoms with Gasteiger partial charge in [0.15, 0.2) is 0 Å². The molecule has 4 heteroatoms. The SMILES string of the molecule is CCCCCOC(=O)CCCCCCCCC(CC(=O)OCCCCC)C(C)C. The van der Waals surface area contributed by atoms with Gasteiger partial charge < -0.3 is 9.47 Å². The Bertz CT molecular complexity index is 392. The maximum absolute atomic E-state index is 12.0. The molecular formula is C25H48O4. The highest BCUT2D eigenvalue weighted by Crippen LogP contribution is 2.23. The van der Waals surface area contributed by atoms with Crippen molar-refractivity contribution in [2.24, 2.45) is 11.8 Å². The van der Waals surface area contributed by atoms with E-state index in [2.05, 4.69) is 27.7 Å². The molecule has 29 heavy (non-hydrogen) atoms. The molecule has 0 aliphatic carbocycles. The van der Waals surface area contributed by atoms with Gasteiger partial charge in [0.05, 0.1) is 13.2 Å². The molecule has 1 unspecified atom stereocenters. The quantitative estimate of drug-likeness (QED) is 0.156. The summed E-state index contributed by atoms with van der Waals surface area (Å²) in [7, 11) is 0. The number of hydrogen-bond donors (Lipinski definition) is 0. The summed E-state index contributed by atoms with van der Waals surface area (Å²) < 4.78 is 10.6. The van der Waals surface area contributed by atoms with E-state index in [9.17, 15) is 9.59 Å². The molecule has 0 saturated carbocycles. The third-order valence-electron chi connectivity index (χ3n) is 5.60. The lowest BCUT2D eigenvalue weighted by Crippen LogP contribution is -2.17. The lowest BCUT2D eigenvalue weighted by molar-refractivity contribution is -0.145. The van der Waals surface area contributed by atoms with Crippen LogP contribution in [0.1, 0.15) is 124 Å². The second-order valence-electron chi connectivity index (χ2n) is 8.72. The molecule has 172 valence electrons. The van der Waals surface area contributed by atoms with Crippen LogP contribution < -0.4 is 0 Å². The first kappa shape index (κ1) is 27.9. The average Bonchev–Trinajstić information content (AvgIpc) is 2.69. The summed E-state index contributed by atoms with van der Waals surface area (Å²) in [6.07, 6.45) is 15.5. The number of unbranched alkanes of at least 4 members (excludes halogenated alkanes) is 9. The van der Waals surface area contributed by atoms with E-state index in [0.29, 0.717) is 37.9 Å². The first-order valence-electron chi connectivity index (χ1n) is 12.3. The molecule has 1 atom stereocenters. The Hall–Kier alpha value is -1.06. The summed E-state index contributed by atoms with van der Waals surface area (Å²) in [5, 5.41) is 0. The lowest BCUT2D eigenvalue weighted by Gasteiger charge is -2.20. The molecule has 0 rings (SSSR count). The molecule has 0 aliphatic rings. The Balaban J connectivity index is 3.66. The summed E-state index contributed by atoms with van der Waals surface area (Å²) in [6.45, 7) is 9.86. The number of ether oxygens (including phenoxy) is 2. The monoisotopic (exact) mass is 412 g/mol.